The molecular formula is C15H26O7P. The molecular weight excluding hydrogens is 323 g/mol. The predicted molar refractivity (Wildman–Crippen MR) is 83.1 cm³/mol. The van der Waals surface area contributed by atoms with Crippen molar-refractivity contribution in [2.75, 3.05) is 26.4 Å². The Morgan fingerprint density at radius 3 is 1.74 bits per heavy atom. The van der Waals surface area contributed by atoms with Crippen LogP contribution in [0.15, 0.2) is 0 Å². The number of ether oxygens (including phenoxy) is 2. The van der Waals surface area contributed by atoms with E-state index in [1.807, 2.05) is 0 Å². The lowest BCUT2D eigenvalue weighted by Gasteiger charge is -2.30. The summed E-state index contributed by atoms with van der Waals surface area (Å²) in [5, 5.41) is 11.6. The normalized spacial score (nSPS) is 23.0. The van der Waals surface area contributed by atoms with Crippen molar-refractivity contribution < 1.29 is 33.2 Å². The molecule has 0 aromatic heterocycles. The topological polar surface area (TPSA) is 91.0 Å². The maximum absolute atomic E-state index is 13.2. The Hall–Kier alpha value is -0.750. The summed E-state index contributed by atoms with van der Waals surface area (Å²) in [5.41, 5.74) is -1.55. The monoisotopic (exact) mass is 349 g/mol. The zero-order valence-corrected chi connectivity index (χ0v) is 15.1. The van der Waals surface area contributed by atoms with Crippen LogP contribution in [-0.4, -0.2) is 43.7 Å². The van der Waals surface area contributed by atoms with E-state index in [1.165, 1.54) is 0 Å². The first-order chi connectivity index (χ1) is 10.9. The molecule has 1 saturated carbocycles. The van der Waals surface area contributed by atoms with Crippen LogP contribution in [0.25, 0.3) is 0 Å². The Labute approximate surface area is 138 Å². The molecule has 0 bridgehead atoms. The fourth-order valence-corrected chi connectivity index (χ4v) is 4.40. The van der Waals surface area contributed by atoms with Crippen LogP contribution in [-0.2, 0) is 33.2 Å². The minimum atomic E-state index is -1.74. The Morgan fingerprint density at radius 1 is 0.870 bits per heavy atom. The third-order valence-corrected chi connectivity index (χ3v) is 5.71. The summed E-state index contributed by atoms with van der Waals surface area (Å²) in [5.74, 6) is -1.39. The van der Waals surface area contributed by atoms with Gasteiger partial charge < -0.3 is 18.5 Å². The Balaban J connectivity index is 3.07. The van der Waals surface area contributed by atoms with E-state index >= 15 is 0 Å². The molecule has 0 spiro atoms. The highest BCUT2D eigenvalue weighted by molar-refractivity contribution is 7.48. The summed E-state index contributed by atoms with van der Waals surface area (Å²) in [7, 11) is -1.74. The van der Waals surface area contributed by atoms with Gasteiger partial charge in [-0.2, -0.15) is 0 Å². The van der Waals surface area contributed by atoms with Crippen LogP contribution < -0.4 is 0 Å². The van der Waals surface area contributed by atoms with E-state index in [2.05, 4.69) is 0 Å². The molecule has 1 unspecified atom stereocenters. The fraction of sp³-hybridized carbons (Fsp3) is 0.867. The smallest absolute Gasteiger partial charge is 0.323 e. The molecule has 1 radical (unpaired) electrons. The lowest BCUT2D eigenvalue weighted by molar-refractivity contribution is -0.172. The quantitative estimate of drug-likeness (QED) is 0.361. The molecule has 0 aromatic carbocycles. The predicted octanol–water partition coefficient (Wildman–Crippen LogP) is 2.79. The molecule has 1 aliphatic carbocycles. The molecule has 7 nitrogen and oxygen atoms in total. The number of hydrogen-bond donors (Lipinski definition) is 0. The van der Waals surface area contributed by atoms with Gasteiger partial charge in [-0.15, -0.1) is 0 Å². The van der Waals surface area contributed by atoms with Gasteiger partial charge in [0.2, 0.25) is 8.38 Å². The Kier molecular flexibility index (Phi) is 7.87. The second kappa shape index (κ2) is 8.92. The van der Waals surface area contributed by atoms with Crippen molar-refractivity contribution in [3.63, 3.8) is 0 Å². The van der Waals surface area contributed by atoms with Gasteiger partial charge in [-0.3, -0.25) is 9.59 Å². The average molecular weight is 349 g/mol. The SMILES string of the molecule is CCOC(=O)C1(C(=O)OCC)CCC([O])(P(OCC)OCC)C1. The van der Waals surface area contributed by atoms with Crippen LogP contribution in [0.3, 0.4) is 0 Å². The Morgan fingerprint density at radius 2 is 1.35 bits per heavy atom. The third-order valence-electron chi connectivity index (χ3n) is 3.68. The van der Waals surface area contributed by atoms with Gasteiger partial charge in [0.05, 0.1) is 26.4 Å². The van der Waals surface area contributed by atoms with E-state index in [0.717, 1.165) is 0 Å². The molecule has 1 rings (SSSR count). The van der Waals surface area contributed by atoms with Gasteiger partial charge in [-0.05, 0) is 40.5 Å². The maximum atomic E-state index is 13.2. The molecule has 0 saturated heterocycles. The lowest BCUT2D eigenvalue weighted by Crippen LogP contribution is -2.41. The van der Waals surface area contributed by atoms with E-state index in [1.54, 1.807) is 27.7 Å². The standard InChI is InChI=1S/C15H26O7P/c1-5-19-12(16)14(13(17)20-6-2)9-10-15(18,11-14)23(21-7-3)22-8-4/h5-11H2,1-4H3. The van der Waals surface area contributed by atoms with Gasteiger partial charge >= 0.3 is 11.9 Å². The average Bonchev–Trinajstić information content (AvgIpc) is 2.88. The Bertz CT molecular complexity index is 391. The fourth-order valence-electron chi connectivity index (χ4n) is 2.69. The number of esters is 2. The van der Waals surface area contributed by atoms with Crippen LogP contribution in [0, 0.1) is 5.41 Å². The molecule has 1 fully saturated rings. The van der Waals surface area contributed by atoms with E-state index in [9.17, 15) is 14.7 Å². The first-order valence-corrected chi connectivity index (χ1v) is 9.18. The van der Waals surface area contributed by atoms with Gasteiger partial charge in [0.15, 0.2) is 10.8 Å². The highest BCUT2D eigenvalue weighted by atomic mass is 31.2. The minimum Gasteiger partial charge on any atom is -0.465 e. The highest BCUT2D eigenvalue weighted by Gasteiger charge is 2.63. The first kappa shape index (κ1) is 20.3. The highest BCUT2D eigenvalue weighted by Crippen LogP contribution is 2.63. The summed E-state index contributed by atoms with van der Waals surface area (Å²) >= 11 is 0. The van der Waals surface area contributed by atoms with Crippen molar-refractivity contribution in [2.24, 2.45) is 5.41 Å². The van der Waals surface area contributed by atoms with Gasteiger partial charge in [0, 0.05) is 6.42 Å². The number of hydrogen-bond acceptors (Lipinski definition) is 6. The molecule has 0 aliphatic heterocycles. The van der Waals surface area contributed by atoms with Crippen LogP contribution >= 0.6 is 8.38 Å². The minimum absolute atomic E-state index is 0.0904. The molecule has 133 valence electrons. The van der Waals surface area contributed by atoms with E-state index in [-0.39, 0.29) is 32.5 Å². The zero-order chi connectivity index (χ0) is 17.5. The maximum Gasteiger partial charge on any atom is 0.323 e. The van der Waals surface area contributed by atoms with Gasteiger partial charge in [-0.25, -0.2) is 5.11 Å². The van der Waals surface area contributed by atoms with E-state index in [0.29, 0.717) is 13.2 Å². The first-order valence-electron chi connectivity index (χ1n) is 8.01. The van der Waals surface area contributed by atoms with Crippen LogP contribution in [0.1, 0.15) is 47.0 Å². The molecule has 0 heterocycles. The van der Waals surface area contributed by atoms with Gasteiger partial charge in [-0.1, -0.05) is 0 Å². The third kappa shape index (κ3) is 4.41. The van der Waals surface area contributed by atoms with Crippen molar-refractivity contribution >= 4 is 20.3 Å². The van der Waals surface area contributed by atoms with Crippen molar-refractivity contribution in [1.82, 2.24) is 0 Å². The van der Waals surface area contributed by atoms with Crippen LogP contribution in [0.4, 0.5) is 0 Å². The van der Waals surface area contributed by atoms with E-state index in [4.69, 9.17) is 18.5 Å². The summed E-state index contributed by atoms with van der Waals surface area (Å²) in [6.45, 7) is 7.80. The molecule has 0 amide bonds. The summed E-state index contributed by atoms with van der Waals surface area (Å²) in [6, 6.07) is 0. The molecule has 8 heteroatoms. The van der Waals surface area contributed by atoms with Crippen LogP contribution in [0.5, 0.6) is 0 Å². The molecule has 1 aliphatic rings. The van der Waals surface area contributed by atoms with Crippen molar-refractivity contribution in [3.05, 3.63) is 0 Å². The molecule has 1 atom stereocenters. The van der Waals surface area contributed by atoms with Crippen molar-refractivity contribution in [2.45, 2.75) is 52.3 Å². The van der Waals surface area contributed by atoms with Crippen molar-refractivity contribution in [1.29, 1.82) is 0 Å². The second-order valence-electron chi connectivity index (χ2n) is 5.24. The van der Waals surface area contributed by atoms with Gasteiger partial charge in [0.1, 0.15) is 0 Å². The number of rotatable bonds is 9. The molecule has 23 heavy (non-hydrogen) atoms. The summed E-state index contributed by atoms with van der Waals surface area (Å²) in [6.07, 6.45) is -0.0210. The lowest BCUT2D eigenvalue weighted by atomic mass is 9.86. The molecule has 0 aromatic rings. The zero-order valence-electron chi connectivity index (χ0n) is 14.3. The molecule has 0 N–H and O–H groups in total. The largest absolute Gasteiger partial charge is 0.465 e. The number of carbonyl (C=O) groups is 2. The van der Waals surface area contributed by atoms with Crippen LogP contribution in [0.2, 0.25) is 0 Å². The van der Waals surface area contributed by atoms with E-state index < -0.39 is 31.1 Å². The van der Waals surface area contributed by atoms with Crippen molar-refractivity contribution in [3.8, 4) is 0 Å². The number of carbonyl (C=O) groups excluding carboxylic acids is 2. The summed E-state index contributed by atoms with van der Waals surface area (Å²) < 4.78 is 21.0. The second-order valence-corrected chi connectivity index (χ2v) is 7.08. The summed E-state index contributed by atoms with van der Waals surface area (Å²) in [4.78, 5) is 24.7. The van der Waals surface area contributed by atoms with Gasteiger partial charge in [0.25, 0.3) is 0 Å².